The number of rotatable bonds is 3. The van der Waals surface area contributed by atoms with Gasteiger partial charge in [0.2, 0.25) is 11.2 Å². The van der Waals surface area contributed by atoms with Gasteiger partial charge in [-0.25, -0.2) is 0 Å². The second kappa shape index (κ2) is 8.20. The Morgan fingerprint density at radius 2 is 2.00 bits per heavy atom. The molecule has 164 valence electrons. The molecule has 1 aliphatic rings. The smallest absolute Gasteiger partial charge is 0.450 e. The molecule has 31 heavy (non-hydrogen) atoms. The highest BCUT2D eigenvalue weighted by molar-refractivity contribution is 6.30. The number of nitrogens with zero attached hydrogens (tertiary/aromatic N) is 1. The van der Waals surface area contributed by atoms with Gasteiger partial charge in [-0.05, 0) is 56.1 Å². The van der Waals surface area contributed by atoms with E-state index in [0.717, 1.165) is 25.8 Å². The summed E-state index contributed by atoms with van der Waals surface area (Å²) in [6.07, 6.45) is -1.91. The fourth-order valence-electron chi connectivity index (χ4n) is 4.16. The van der Waals surface area contributed by atoms with E-state index in [9.17, 15) is 23.1 Å². The molecule has 8 heteroatoms. The average Bonchev–Trinajstić information content (AvgIpc) is 2.70. The minimum atomic E-state index is -4.91. The van der Waals surface area contributed by atoms with Crippen LogP contribution in [0.2, 0.25) is 5.02 Å². The van der Waals surface area contributed by atoms with Gasteiger partial charge >= 0.3 is 6.18 Å². The van der Waals surface area contributed by atoms with Gasteiger partial charge in [-0.15, -0.1) is 0 Å². The van der Waals surface area contributed by atoms with Crippen molar-refractivity contribution < 1.29 is 22.7 Å². The molecule has 3 aromatic rings. The Labute approximate surface area is 181 Å². The van der Waals surface area contributed by atoms with Crippen LogP contribution in [0, 0.1) is 0 Å². The minimum Gasteiger partial charge on any atom is -0.507 e. The van der Waals surface area contributed by atoms with Crippen LogP contribution in [0.15, 0.2) is 45.6 Å². The molecule has 1 fully saturated rings. The third-order valence-electron chi connectivity index (χ3n) is 5.81. The summed E-state index contributed by atoms with van der Waals surface area (Å²) in [6.45, 7) is 2.99. The van der Waals surface area contributed by atoms with Crippen molar-refractivity contribution in [1.82, 2.24) is 4.90 Å². The van der Waals surface area contributed by atoms with Crippen molar-refractivity contribution >= 4 is 22.6 Å². The molecule has 0 saturated carbocycles. The molecular formula is C23H21ClF3NO3. The fourth-order valence-corrected chi connectivity index (χ4v) is 4.35. The number of phenolic OH excluding ortho intramolecular Hbond substituents is 1. The van der Waals surface area contributed by atoms with E-state index in [1.165, 1.54) is 36.4 Å². The number of alkyl halides is 3. The molecule has 1 atom stereocenters. The number of likely N-dealkylation sites (tertiary alicyclic amines) is 1. The molecule has 1 aromatic heterocycles. The molecule has 1 saturated heterocycles. The molecule has 0 radical (unpaired) electrons. The van der Waals surface area contributed by atoms with Crippen molar-refractivity contribution in [2.24, 2.45) is 0 Å². The zero-order chi connectivity index (χ0) is 22.3. The van der Waals surface area contributed by atoms with Gasteiger partial charge < -0.3 is 9.52 Å². The number of benzene rings is 2. The van der Waals surface area contributed by atoms with Gasteiger partial charge in [-0.2, -0.15) is 13.2 Å². The van der Waals surface area contributed by atoms with Gasteiger partial charge in [-0.3, -0.25) is 9.69 Å². The highest BCUT2D eigenvalue weighted by Crippen LogP contribution is 2.40. The van der Waals surface area contributed by atoms with Gasteiger partial charge in [0, 0.05) is 17.6 Å². The van der Waals surface area contributed by atoms with Crippen LogP contribution in [0.3, 0.4) is 0 Å². The Balaban J connectivity index is 1.97. The zero-order valence-corrected chi connectivity index (χ0v) is 17.6. The van der Waals surface area contributed by atoms with Gasteiger partial charge in [0.05, 0.1) is 16.5 Å². The Bertz CT molecular complexity index is 1190. The highest BCUT2D eigenvalue weighted by Gasteiger charge is 2.40. The van der Waals surface area contributed by atoms with Crippen LogP contribution in [0.5, 0.6) is 5.75 Å². The topological polar surface area (TPSA) is 53.7 Å². The third kappa shape index (κ3) is 4.16. The maximum absolute atomic E-state index is 14.0. The first kappa shape index (κ1) is 21.7. The van der Waals surface area contributed by atoms with Crippen LogP contribution in [-0.2, 0) is 12.7 Å². The van der Waals surface area contributed by atoms with Gasteiger partial charge in [0.1, 0.15) is 11.3 Å². The van der Waals surface area contributed by atoms with E-state index in [2.05, 4.69) is 4.90 Å². The number of phenols is 1. The van der Waals surface area contributed by atoms with Crippen molar-refractivity contribution in [1.29, 1.82) is 0 Å². The molecule has 1 N–H and O–H groups in total. The first-order chi connectivity index (χ1) is 14.7. The number of halogens is 4. The number of hydrogen-bond acceptors (Lipinski definition) is 4. The summed E-state index contributed by atoms with van der Waals surface area (Å²) in [4.78, 5) is 15.3. The number of aromatic hydroxyl groups is 1. The highest BCUT2D eigenvalue weighted by atomic mass is 35.5. The molecule has 4 rings (SSSR count). The lowest BCUT2D eigenvalue weighted by Crippen LogP contribution is -2.36. The quantitative estimate of drug-likeness (QED) is 0.514. The molecule has 4 nitrogen and oxygen atoms in total. The predicted molar refractivity (Wildman–Crippen MR) is 113 cm³/mol. The number of piperidine rings is 1. The van der Waals surface area contributed by atoms with E-state index in [1.807, 2.05) is 6.92 Å². The van der Waals surface area contributed by atoms with Crippen molar-refractivity contribution in [2.75, 3.05) is 6.54 Å². The monoisotopic (exact) mass is 451 g/mol. The van der Waals surface area contributed by atoms with E-state index in [-0.39, 0.29) is 45.5 Å². The molecule has 1 aliphatic heterocycles. The van der Waals surface area contributed by atoms with Crippen LogP contribution in [0.4, 0.5) is 13.2 Å². The normalized spacial score (nSPS) is 17.9. The molecule has 2 heterocycles. The maximum atomic E-state index is 14.0. The standard InChI is InChI=1S/C23H21ClF3NO3/c1-13-5-2-3-10-28(13)12-17-18(29)9-8-16-20(30)19(14-6-4-7-15(24)11-14)22(23(25,26)27)31-21(16)17/h4,6-9,11,13,29H,2-3,5,10,12H2,1H3. The van der Waals surface area contributed by atoms with Crippen LogP contribution in [0.1, 0.15) is 37.5 Å². The van der Waals surface area contributed by atoms with Gasteiger partial charge in [-0.1, -0.05) is 30.2 Å². The van der Waals surface area contributed by atoms with E-state index in [1.54, 1.807) is 0 Å². The summed E-state index contributed by atoms with van der Waals surface area (Å²) in [7, 11) is 0. The van der Waals surface area contributed by atoms with Crippen molar-refractivity contribution in [3.63, 3.8) is 0 Å². The lowest BCUT2D eigenvalue weighted by Gasteiger charge is -2.33. The Kier molecular flexibility index (Phi) is 5.75. The summed E-state index contributed by atoms with van der Waals surface area (Å²) in [5.41, 5.74) is -1.43. The first-order valence-electron chi connectivity index (χ1n) is 10.1. The summed E-state index contributed by atoms with van der Waals surface area (Å²) in [5.74, 6) is -1.59. The average molecular weight is 452 g/mol. The molecule has 0 bridgehead atoms. The van der Waals surface area contributed by atoms with E-state index in [0.29, 0.717) is 0 Å². The minimum absolute atomic E-state index is 0.0135. The lowest BCUT2D eigenvalue weighted by atomic mass is 9.99. The fraction of sp³-hybridized carbons (Fsp3) is 0.348. The summed E-state index contributed by atoms with van der Waals surface area (Å²) in [5, 5.41) is 10.6. The molecule has 0 aliphatic carbocycles. The molecule has 2 aromatic carbocycles. The summed E-state index contributed by atoms with van der Waals surface area (Å²) < 4.78 is 47.2. The van der Waals surface area contributed by atoms with Crippen molar-refractivity contribution in [3.05, 3.63) is 63.0 Å². The third-order valence-corrected chi connectivity index (χ3v) is 6.05. The largest absolute Gasteiger partial charge is 0.507 e. The predicted octanol–water partition coefficient (Wildman–Crippen LogP) is 6.21. The van der Waals surface area contributed by atoms with Crippen molar-refractivity contribution in [2.45, 2.75) is 44.9 Å². The molecule has 1 unspecified atom stereocenters. The summed E-state index contributed by atoms with van der Waals surface area (Å²) >= 11 is 5.95. The van der Waals surface area contributed by atoms with Crippen LogP contribution < -0.4 is 5.43 Å². The van der Waals surface area contributed by atoms with E-state index >= 15 is 0 Å². The molecule has 0 spiro atoms. The molecular weight excluding hydrogens is 431 g/mol. The summed E-state index contributed by atoms with van der Waals surface area (Å²) in [6, 6.07) is 8.51. The van der Waals surface area contributed by atoms with Crippen LogP contribution >= 0.6 is 11.6 Å². The van der Waals surface area contributed by atoms with Crippen LogP contribution in [0.25, 0.3) is 22.1 Å². The van der Waals surface area contributed by atoms with E-state index < -0.39 is 22.9 Å². The Morgan fingerprint density at radius 3 is 2.68 bits per heavy atom. The van der Waals surface area contributed by atoms with Crippen molar-refractivity contribution in [3.8, 4) is 16.9 Å². The molecule has 0 amide bonds. The van der Waals surface area contributed by atoms with Gasteiger partial charge in [0.15, 0.2) is 0 Å². The zero-order valence-electron chi connectivity index (χ0n) is 16.8. The Hall–Kier alpha value is -2.51. The maximum Gasteiger partial charge on any atom is 0.450 e. The first-order valence-corrected chi connectivity index (χ1v) is 10.4. The number of fused-ring (bicyclic) bond motifs is 1. The lowest BCUT2D eigenvalue weighted by molar-refractivity contribution is -0.152. The number of hydrogen-bond donors (Lipinski definition) is 1. The SMILES string of the molecule is CC1CCCCN1Cc1c(O)ccc2c(=O)c(-c3cccc(Cl)c3)c(C(F)(F)F)oc12. The second-order valence-corrected chi connectivity index (χ2v) is 8.34. The van der Waals surface area contributed by atoms with Crippen LogP contribution in [-0.4, -0.2) is 22.6 Å². The Morgan fingerprint density at radius 1 is 1.23 bits per heavy atom. The van der Waals surface area contributed by atoms with E-state index in [4.69, 9.17) is 16.0 Å². The van der Waals surface area contributed by atoms with Gasteiger partial charge in [0.25, 0.3) is 0 Å². The second-order valence-electron chi connectivity index (χ2n) is 7.90.